The Bertz CT molecular complexity index is 1190. The molecule has 0 unspecified atom stereocenters. The predicted molar refractivity (Wildman–Crippen MR) is 112 cm³/mol. The highest BCUT2D eigenvalue weighted by Crippen LogP contribution is 2.32. The van der Waals surface area contributed by atoms with Crippen molar-refractivity contribution in [2.45, 2.75) is 20.1 Å². The first-order chi connectivity index (χ1) is 14.6. The van der Waals surface area contributed by atoms with Crippen molar-refractivity contribution in [3.8, 4) is 34.0 Å². The maximum absolute atomic E-state index is 14.3. The number of methoxy groups -OCH3 is 1. The number of benzene rings is 3. The minimum absolute atomic E-state index is 0.156. The van der Waals surface area contributed by atoms with Gasteiger partial charge in [-0.15, -0.1) is 0 Å². The van der Waals surface area contributed by atoms with E-state index in [0.717, 1.165) is 22.3 Å². The zero-order valence-corrected chi connectivity index (χ0v) is 16.7. The Morgan fingerprint density at radius 1 is 1.00 bits per heavy atom. The number of hydrogen-bond acceptors (Lipinski definition) is 5. The van der Waals surface area contributed by atoms with Crippen LogP contribution in [-0.4, -0.2) is 22.4 Å². The summed E-state index contributed by atoms with van der Waals surface area (Å²) in [5.41, 5.74) is 5.79. The number of rotatable bonds is 6. The summed E-state index contributed by atoms with van der Waals surface area (Å²) in [6.45, 7) is 2.26. The number of halogens is 1. The van der Waals surface area contributed by atoms with Crippen LogP contribution in [0.1, 0.15) is 16.7 Å². The number of aryl methyl sites for hydroxylation is 1. The van der Waals surface area contributed by atoms with Crippen molar-refractivity contribution in [1.82, 2.24) is 10.1 Å². The average molecular weight is 404 g/mol. The molecule has 0 fully saturated rings. The van der Waals surface area contributed by atoms with Crippen LogP contribution in [0.3, 0.4) is 0 Å². The van der Waals surface area contributed by atoms with Gasteiger partial charge in [0.05, 0.1) is 18.8 Å². The van der Waals surface area contributed by atoms with Gasteiger partial charge >= 0.3 is 0 Å². The fourth-order valence-corrected chi connectivity index (χ4v) is 3.43. The molecule has 30 heavy (non-hydrogen) atoms. The third kappa shape index (κ3) is 3.87. The van der Waals surface area contributed by atoms with Crippen molar-refractivity contribution >= 4 is 0 Å². The van der Waals surface area contributed by atoms with Gasteiger partial charge in [-0.05, 0) is 59.0 Å². The van der Waals surface area contributed by atoms with Crippen LogP contribution < -0.4 is 0 Å². The lowest BCUT2D eigenvalue weighted by Gasteiger charge is -2.12. The van der Waals surface area contributed by atoms with Gasteiger partial charge in [0.1, 0.15) is 5.82 Å². The Hall–Kier alpha value is -3.35. The van der Waals surface area contributed by atoms with Crippen molar-refractivity contribution in [3.05, 3.63) is 83.2 Å². The molecule has 0 spiro atoms. The fourth-order valence-electron chi connectivity index (χ4n) is 3.43. The lowest BCUT2D eigenvalue weighted by molar-refractivity contribution is 0.185. The summed E-state index contributed by atoms with van der Waals surface area (Å²) in [6.07, 6.45) is 0. The zero-order valence-electron chi connectivity index (χ0n) is 16.7. The van der Waals surface area contributed by atoms with Crippen LogP contribution in [0.2, 0.25) is 0 Å². The van der Waals surface area contributed by atoms with Gasteiger partial charge < -0.3 is 14.4 Å². The van der Waals surface area contributed by atoms with Crippen LogP contribution in [0.4, 0.5) is 4.39 Å². The molecule has 0 saturated carbocycles. The molecule has 1 N–H and O–H groups in total. The second kappa shape index (κ2) is 8.57. The molecule has 5 nitrogen and oxygen atoms in total. The van der Waals surface area contributed by atoms with E-state index in [2.05, 4.69) is 29.2 Å². The third-order valence-electron chi connectivity index (χ3n) is 4.97. The van der Waals surface area contributed by atoms with Crippen molar-refractivity contribution in [3.63, 3.8) is 0 Å². The predicted octanol–water partition coefficient (Wildman–Crippen LogP) is 5.16. The van der Waals surface area contributed by atoms with Crippen LogP contribution in [-0.2, 0) is 18.0 Å². The van der Waals surface area contributed by atoms with Crippen molar-refractivity contribution in [2.24, 2.45) is 0 Å². The first-order valence-corrected chi connectivity index (χ1v) is 9.52. The number of aromatic nitrogens is 2. The molecule has 3 aromatic carbocycles. The fraction of sp³-hybridized carbons (Fsp3) is 0.167. The van der Waals surface area contributed by atoms with Gasteiger partial charge in [0, 0.05) is 12.7 Å². The molecule has 4 aromatic rings. The Kier molecular flexibility index (Phi) is 5.70. The Morgan fingerprint density at radius 2 is 1.80 bits per heavy atom. The Labute approximate surface area is 173 Å². The summed E-state index contributed by atoms with van der Waals surface area (Å²) in [5.74, 6) is -0.0588. The van der Waals surface area contributed by atoms with Gasteiger partial charge in [0.2, 0.25) is 5.82 Å². The molecule has 1 aromatic heterocycles. The molecule has 0 atom stereocenters. The van der Waals surface area contributed by atoms with E-state index in [9.17, 15) is 4.39 Å². The van der Waals surface area contributed by atoms with E-state index in [1.807, 2.05) is 30.3 Å². The average Bonchev–Trinajstić information content (AvgIpc) is 3.24. The number of nitrogens with zero attached hydrogens (tertiary/aromatic N) is 2. The highest BCUT2D eigenvalue weighted by atomic mass is 19.1. The number of ether oxygens (including phenoxy) is 1. The second-order valence-electron chi connectivity index (χ2n) is 7.02. The van der Waals surface area contributed by atoms with E-state index in [4.69, 9.17) is 14.4 Å². The molecule has 0 bridgehead atoms. The van der Waals surface area contributed by atoms with Gasteiger partial charge in [-0.2, -0.15) is 4.98 Å². The molecule has 0 aliphatic carbocycles. The molecular formula is C24H21FN2O3. The van der Waals surface area contributed by atoms with E-state index in [0.29, 0.717) is 18.1 Å². The molecule has 4 rings (SSSR count). The van der Waals surface area contributed by atoms with Crippen LogP contribution >= 0.6 is 0 Å². The van der Waals surface area contributed by atoms with Crippen molar-refractivity contribution < 1.29 is 18.8 Å². The van der Waals surface area contributed by atoms with Crippen LogP contribution in [0.25, 0.3) is 34.0 Å². The van der Waals surface area contributed by atoms with Crippen molar-refractivity contribution in [2.75, 3.05) is 7.11 Å². The molecule has 0 radical (unpaired) electrons. The number of hydrogen-bond donors (Lipinski definition) is 1. The lowest BCUT2D eigenvalue weighted by atomic mass is 9.94. The Morgan fingerprint density at radius 3 is 2.53 bits per heavy atom. The minimum atomic E-state index is -0.510. The van der Waals surface area contributed by atoms with Crippen LogP contribution in [0, 0.1) is 12.7 Å². The van der Waals surface area contributed by atoms with Crippen LogP contribution in [0.5, 0.6) is 0 Å². The van der Waals surface area contributed by atoms with E-state index in [1.165, 1.54) is 17.7 Å². The maximum Gasteiger partial charge on any atom is 0.258 e. The lowest BCUT2D eigenvalue weighted by Crippen LogP contribution is -1.95. The van der Waals surface area contributed by atoms with E-state index in [1.54, 1.807) is 13.2 Å². The summed E-state index contributed by atoms with van der Waals surface area (Å²) in [4.78, 5) is 4.37. The normalized spacial score (nSPS) is 11.1. The highest BCUT2D eigenvalue weighted by molar-refractivity contribution is 5.74. The second-order valence-corrected chi connectivity index (χ2v) is 7.02. The quantitative estimate of drug-likeness (QED) is 0.481. The SMILES string of the molecule is COCc1cc(-c2nc(-c3ccc(CO)cc3F)no2)ccc1-c1ccccc1C. The van der Waals surface area contributed by atoms with E-state index >= 15 is 0 Å². The monoisotopic (exact) mass is 404 g/mol. The third-order valence-corrected chi connectivity index (χ3v) is 4.97. The summed E-state index contributed by atoms with van der Waals surface area (Å²) >= 11 is 0. The van der Waals surface area contributed by atoms with Crippen LogP contribution in [0.15, 0.2) is 65.2 Å². The molecule has 152 valence electrons. The first-order valence-electron chi connectivity index (χ1n) is 9.52. The van der Waals surface area contributed by atoms with Gasteiger partial charge in [0.15, 0.2) is 0 Å². The van der Waals surface area contributed by atoms with Gasteiger partial charge in [0.25, 0.3) is 5.89 Å². The molecule has 0 aliphatic heterocycles. The molecule has 6 heteroatoms. The van der Waals surface area contributed by atoms with Crippen molar-refractivity contribution in [1.29, 1.82) is 0 Å². The molecule has 0 aliphatic rings. The summed E-state index contributed by atoms with van der Waals surface area (Å²) in [5, 5.41) is 13.1. The smallest absolute Gasteiger partial charge is 0.258 e. The summed E-state index contributed by atoms with van der Waals surface area (Å²) in [6, 6.07) is 18.5. The standard InChI is InChI=1S/C24H21FN2O3/c1-15-5-3-4-6-19(15)20-10-8-17(12-18(20)14-29-2)24-26-23(27-30-24)21-9-7-16(13-28)11-22(21)25/h3-12,28H,13-14H2,1-2H3. The van der Waals surface area contributed by atoms with Gasteiger partial charge in [-0.25, -0.2) is 4.39 Å². The molecule has 0 saturated heterocycles. The summed E-state index contributed by atoms with van der Waals surface area (Å²) in [7, 11) is 1.65. The van der Waals surface area contributed by atoms with Gasteiger partial charge in [-0.3, -0.25) is 0 Å². The number of aliphatic hydroxyl groups is 1. The maximum atomic E-state index is 14.3. The molecule has 1 heterocycles. The van der Waals surface area contributed by atoms with E-state index in [-0.39, 0.29) is 18.0 Å². The topological polar surface area (TPSA) is 68.4 Å². The highest BCUT2D eigenvalue weighted by Gasteiger charge is 2.16. The summed E-state index contributed by atoms with van der Waals surface area (Å²) < 4.78 is 25.1. The zero-order chi connectivity index (χ0) is 21.1. The minimum Gasteiger partial charge on any atom is -0.392 e. The Balaban J connectivity index is 1.72. The largest absolute Gasteiger partial charge is 0.392 e. The van der Waals surface area contributed by atoms with Gasteiger partial charge in [-0.1, -0.05) is 41.6 Å². The molecule has 0 amide bonds. The van der Waals surface area contributed by atoms with E-state index < -0.39 is 5.82 Å². The first kappa shape index (κ1) is 19.9. The molecular weight excluding hydrogens is 383 g/mol. The number of aliphatic hydroxyl groups excluding tert-OH is 1.